The molecule has 0 bridgehead atoms. The van der Waals surface area contributed by atoms with Crippen LogP contribution in [0.25, 0.3) is 0 Å². The van der Waals surface area contributed by atoms with Crippen LogP contribution >= 0.6 is 0 Å². The second kappa shape index (κ2) is 4.71. The zero-order chi connectivity index (χ0) is 12.4. The molecule has 92 valence electrons. The van der Waals surface area contributed by atoms with Gasteiger partial charge in [0.15, 0.2) is 17.7 Å². The van der Waals surface area contributed by atoms with Gasteiger partial charge in [0.2, 0.25) is 0 Å². The first-order valence-corrected chi connectivity index (χ1v) is 5.46. The first kappa shape index (κ1) is 11.9. The van der Waals surface area contributed by atoms with Crippen molar-refractivity contribution in [2.75, 3.05) is 13.1 Å². The molecule has 1 aliphatic heterocycles. The fraction of sp³-hybridized carbons (Fsp3) is 0.417. The normalized spacial score (nSPS) is 17.5. The Bertz CT molecular complexity index is 418. The zero-order valence-corrected chi connectivity index (χ0v) is 9.47. The Morgan fingerprint density at radius 3 is 2.76 bits per heavy atom. The first-order valence-electron chi connectivity index (χ1n) is 5.46. The van der Waals surface area contributed by atoms with E-state index in [4.69, 9.17) is 9.84 Å². The molecule has 0 radical (unpaired) electrons. The van der Waals surface area contributed by atoms with Crippen molar-refractivity contribution in [3.8, 4) is 5.75 Å². The van der Waals surface area contributed by atoms with Crippen LogP contribution in [0.5, 0.6) is 5.75 Å². The lowest BCUT2D eigenvalue weighted by molar-refractivity contribution is -0.148. The number of carbonyl (C=O) groups excluding carboxylic acids is 1. The molecule has 1 saturated heterocycles. The molecule has 1 aromatic rings. The summed E-state index contributed by atoms with van der Waals surface area (Å²) in [6, 6.07) is 5.95. The molecular weight excluding hydrogens is 225 g/mol. The summed E-state index contributed by atoms with van der Waals surface area (Å²) in [6.07, 6.45) is -1.20. The highest BCUT2D eigenvalue weighted by atomic mass is 19.1. The minimum Gasteiger partial charge on any atom is -0.478 e. The molecule has 1 unspecified atom stereocenters. The van der Waals surface area contributed by atoms with Crippen LogP contribution in [0.15, 0.2) is 24.3 Å². The van der Waals surface area contributed by atoms with E-state index in [9.17, 15) is 9.18 Å². The van der Waals surface area contributed by atoms with Crippen LogP contribution in [0.3, 0.4) is 0 Å². The molecule has 17 heavy (non-hydrogen) atoms. The Labute approximate surface area is 98.6 Å². The van der Waals surface area contributed by atoms with Gasteiger partial charge in [-0.15, -0.1) is 0 Å². The van der Waals surface area contributed by atoms with Crippen molar-refractivity contribution in [1.29, 1.82) is 0 Å². The molecule has 1 aliphatic rings. The van der Waals surface area contributed by atoms with Gasteiger partial charge in [0.1, 0.15) is 0 Å². The fourth-order valence-corrected chi connectivity index (χ4v) is 1.67. The van der Waals surface area contributed by atoms with Crippen LogP contribution in [0.2, 0.25) is 0 Å². The minimum absolute atomic E-state index is 0.0643. The Balaban J connectivity index is 1.95. The van der Waals surface area contributed by atoms with Crippen molar-refractivity contribution < 1.29 is 19.0 Å². The Kier molecular flexibility index (Phi) is 3.28. The molecule has 0 aromatic heterocycles. The Morgan fingerprint density at radius 2 is 2.18 bits per heavy atom. The number of halogens is 1. The second-order valence-electron chi connectivity index (χ2n) is 4.09. The van der Waals surface area contributed by atoms with E-state index in [2.05, 4.69) is 0 Å². The number of benzene rings is 1. The molecule has 1 amide bonds. The van der Waals surface area contributed by atoms with Crippen molar-refractivity contribution in [2.45, 2.75) is 19.1 Å². The minimum atomic E-state index is -0.751. The summed E-state index contributed by atoms with van der Waals surface area (Å²) in [7, 11) is 0. The quantitative estimate of drug-likeness (QED) is 0.848. The molecule has 0 spiro atoms. The third-order valence-electron chi connectivity index (χ3n) is 2.66. The summed E-state index contributed by atoms with van der Waals surface area (Å²) < 4.78 is 18.5. The van der Waals surface area contributed by atoms with E-state index in [1.807, 2.05) is 0 Å². The first-order chi connectivity index (χ1) is 8.08. The molecular formula is C12H14FNO3. The highest BCUT2D eigenvalue weighted by Crippen LogP contribution is 2.18. The zero-order valence-electron chi connectivity index (χ0n) is 9.47. The number of hydrogen-bond donors (Lipinski definition) is 1. The van der Waals surface area contributed by atoms with Crippen LogP contribution in [0.4, 0.5) is 4.39 Å². The van der Waals surface area contributed by atoms with Crippen LogP contribution in [-0.2, 0) is 4.79 Å². The van der Waals surface area contributed by atoms with E-state index in [1.54, 1.807) is 19.1 Å². The number of ether oxygens (including phenoxy) is 1. The van der Waals surface area contributed by atoms with Crippen LogP contribution in [0.1, 0.15) is 6.92 Å². The maximum Gasteiger partial charge on any atom is 0.263 e. The lowest BCUT2D eigenvalue weighted by Crippen LogP contribution is -2.56. The third-order valence-corrected chi connectivity index (χ3v) is 2.66. The summed E-state index contributed by atoms with van der Waals surface area (Å²) in [6.45, 7) is 2.22. The summed E-state index contributed by atoms with van der Waals surface area (Å²) in [5, 5.41) is 9.09. The number of aliphatic hydroxyl groups is 1. The van der Waals surface area contributed by atoms with Gasteiger partial charge in [0, 0.05) is 13.1 Å². The van der Waals surface area contributed by atoms with Gasteiger partial charge in [-0.3, -0.25) is 4.79 Å². The fourth-order valence-electron chi connectivity index (χ4n) is 1.67. The van der Waals surface area contributed by atoms with Gasteiger partial charge in [0.05, 0.1) is 6.10 Å². The van der Waals surface area contributed by atoms with E-state index in [-0.39, 0.29) is 11.7 Å². The molecule has 0 aliphatic carbocycles. The average Bonchev–Trinajstić information content (AvgIpc) is 2.27. The molecule has 1 aromatic carbocycles. The molecule has 1 atom stereocenters. The predicted molar refractivity (Wildman–Crippen MR) is 59.1 cm³/mol. The van der Waals surface area contributed by atoms with Crippen molar-refractivity contribution in [3.05, 3.63) is 30.1 Å². The van der Waals surface area contributed by atoms with Crippen molar-refractivity contribution in [3.63, 3.8) is 0 Å². The number of para-hydroxylation sites is 1. The van der Waals surface area contributed by atoms with Gasteiger partial charge < -0.3 is 14.7 Å². The van der Waals surface area contributed by atoms with E-state index in [1.165, 1.54) is 17.0 Å². The molecule has 0 saturated carbocycles. The number of amides is 1. The molecule has 5 heteroatoms. The largest absolute Gasteiger partial charge is 0.478 e. The maximum atomic E-state index is 13.3. The summed E-state index contributed by atoms with van der Waals surface area (Å²) >= 11 is 0. The number of hydrogen-bond acceptors (Lipinski definition) is 3. The number of β-amino-alcohol motifs (C(OH)–C–C–N with tert-alkyl or cyclic N) is 1. The van der Waals surface area contributed by atoms with Crippen LogP contribution in [-0.4, -0.2) is 41.2 Å². The standard InChI is InChI=1S/C12H14FNO3/c1-8(12(16)14-6-9(15)7-14)17-11-5-3-2-4-10(11)13/h2-5,8-9,15H,6-7H2,1H3. The van der Waals surface area contributed by atoms with Gasteiger partial charge in [-0.1, -0.05) is 12.1 Å². The van der Waals surface area contributed by atoms with Crippen LogP contribution < -0.4 is 4.74 Å². The Hall–Kier alpha value is -1.62. The van der Waals surface area contributed by atoms with Gasteiger partial charge in [-0.25, -0.2) is 4.39 Å². The summed E-state index contributed by atoms with van der Waals surface area (Å²) in [5.41, 5.74) is 0. The number of carbonyl (C=O) groups is 1. The lowest BCUT2D eigenvalue weighted by Gasteiger charge is -2.37. The maximum absolute atomic E-state index is 13.3. The lowest BCUT2D eigenvalue weighted by atomic mass is 10.1. The van der Waals surface area contributed by atoms with Crippen molar-refractivity contribution in [1.82, 2.24) is 4.90 Å². The number of nitrogens with zero attached hydrogens (tertiary/aromatic N) is 1. The molecule has 1 fully saturated rings. The Morgan fingerprint density at radius 1 is 1.53 bits per heavy atom. The highest BCUT2D eigenvalue weighted by Gasteiger charge is 2.32. The van der Waals surface area contributed by atoms with E-state index in [0.717, 1.165) is 0 Å². The third kappa shape index (κ3) is 2.55. The average molecular weight is 239 g/mol. The van der Waals surface area contributed by atoms with Crippen LogP contribution in [0, 0.1) is 5.82 Å². The summed E-state index contributed by atoms with van der Waals surface area (Å²) in [5.74, 6) is -0.663. The topological polar surface area (TPSA) is 49.8 Å². The number of aliphatic hydroxyl groups excluding tert-OH is 1. The van der Waals surface area contributed by atoms with Crippen molar-refractivity contribution >= 4 is 5.91 Å². The molecule has 1 N–H and O–H groups in total. The van der Waals surface area contributed by atoms with Gasteiger partial charge >= 0.3 is 0 Å². The molecule has 1 heterocycles. The second-order valence-corrected chi connectivity index (χ2v) is 4.09. The van der Waals surface area contributed by atoms with Gasteiger partial charge in [-0.05, 0) is 19.1 Å². The monoisotopic (exact) mass is 239 g/mol. The summed E-state index contributed by atoms with van der Waals surface area (Å²) in [4.78, 5) is 13.2. The number of rotatable bonds is 3. The van der Waals surface area contributed by atoms with Crippen molar-refractivity contribution in [2.24, 2.45) is 0 Å². The SMILES string of the molecule is CC(Oc1ccccc1F)C(=O)N1CC(O)C1. The highest BCUT2D eigenvalue weighted by molar-refractivity contribution is 5.81. The van der Waals surface area contributed by atoms with E-state index < -0.39 is 18.0 Å². The van der Waals surface area contributed by atoms with Gasteiger partial charge in [0.25, 0.3) is 5.91 Å². The van der Waals surface area contributed by atoms with Gasteiger partial charge in [-0.2, -0.15) is 0 Å². The smallest absolute Gasteiger partial charge is 0.263 e. The molecule has 2 rings (SSSR count). The number of likely N-dealkylation sites (tertiary alicyclic amines) is 1. The predicted octanol–water partition coefficient (Wildman–Crippen LogP) is 0.796. The van der Waals surface area contributed by atoms with E-state index in [0.29, 0.717) is 13.1 Å². The van der Waals surface area contributed by atoms with E-state index >= 15 is 0 Å². The molecule has 4 nitrogen and oxygen atoms in total.